The zero-order valence-corrected chi connectivity index (χ0v) is 13.1. The minimum absolute atomic E-state index is 0.249. The third kappa shape index (κ3) is 2.30. The average molecular weight is 292 g/mol. The number of ether oxygens (including phenoxy) is 2. The Balaban J connectivity index is 2.08. The molecule has 0 spiro atoms. The highest BCUT2D eigenvalue weighted by atomic mass is 16.5. The summed E-state index contributed by atoms with van der Waals surface area (Å²) in [6.45, 7) is 0.880. The van der Waals surface area contributed by atoms with Crippen LogP contribution in [0.2, 0.25) is 0 Å². The van der Waals surface area contributed by atoms with Crippen molar-refractivity contribution in [1.29, 1.82) is 0 Å². The van der Waals surface area contributed by atoms with Gasteiger partial charge in [-0.1, -0.05) is 6.07 Å². The van der Waals surface area contributed by atoms with Crippen molar-refractivity contribution in [2.75, 3.05) is 27.8 Å². The Morgan fingerprint density at radius 3 is 2.76 bits per heavy atom. The molecule has 1 heterocycles. The van der Waals surface area contributed by atoms with Crippen LogP contribution < -0.4 is 9.47 Å². The molecule has 0 unspecified atom stereocenters. The molecule has 0 radical (unpaired) electrons. The number of rotatable bonds is 3. The van der Waals surface area contributed by atoms with Crippen molar-refractivity contribution in [3.05, 3.63) is 23.8 Å². The van der Waals surface area contributed by atoms with Gasteiger partial charge in [0, 0.05) is 12.8 Å². The monoisotopic (exact) mass is 292 g/mol. The van der Waals surface area contributed by atoms with E-state index in [0.29, 0.717) is 17.9 Å². The Kier molecular flexibility index (Phi) is 3.51. The molecule has 21 heavy (non-hydrogen) atoms. The summed E-state index contributed by atoms with van der Waals surface area (Å²) in [5, 5.41) is 10.1. The second-order valence-corrected chi connectivity index (χ2v) is 6.17. The van der Waals surface area contributed by atoms with Gasteiger partial charge in [-0.05, 0) is 57.0 Å². The Labute approximate surface area is 128 Å². The lowest BCUT2D eigenvalue weighted by molar-refractivity contribution is 0.0566. The Morgan fingerprint density at radius 2 is 2.05 bits per heavy atom. The zero-order valence-electron chi connectivity index (χ0n) is 14.1. The summed E-state index contributed by atoms with van der Waals surface area (Å²) < 4.78 is 19.9. The second-order valence-electron chi connectivity index (χ2n) is 6.17. The number of methoxy groups -OCH3 is 2. The summed E-state index contributed by atoms with van der Waals surface area (Å²) in [7, 11) is 5.26. The van der Waals surface area contributed by atoms with Gasteiger partial charge in [0.15, 0.2) is 11.5 Å². The van der Waals surface area contributed by atoms with Gasteiger partial charge in [-0.2, -0.15) is 0 Å². The van der Waals surface area contributed by atoms with E-state index in [-0.39, 0.29) is 11.5 Å². The first-order valence-corrected chi connectivity index (χ1v) is 7.59. The number of fused-ring (bicyclic) bond motifs is 1. The molecule has 116 valence electrons. The van der Waals surface area contributed by atoms with Gasteiger partial charge in [-0.3, -0.25) is 0 Å². The normalized spacial score (nSPS) is 37.0. The molecule has 1 aromatic carbocycles. The summed E-state index contributed by atoms with van der Waals surface area (Å²) in [5.74, 6) is 1.41. The van der Waals surface area contributed by atoms with Gasteiger partial charge in [0.2, 0.25) is 0 Å². The number of likely N-dealkylation sites (N-methyl/N-ethyl adjacent to an activating group) is 1. The molecular weight excluding hydrogens is 266 g/mol. The highest BCUT2D eigenvalue weighted by molar-refractivity contribution is 5.46. The molecule has 1 N–H and O–H groups in total. The molecule has 1 saturated heterocycles. The third-order valence-electron chi connectivity index (χ3n) is 5.16. The SMILES string of the molecule is [2H][C@]12C[C@@H](O)CC[C@@]1(c1ccc(OC)c(OC)c1)CCN2C. The summed E-state index contributed by atoms with van der Waals surface area (Å²) in [6, 6.07) is 5.23. The van der Waals surface area contributed by atoms with Crippen molar-refractivity contribution in [2.24, 2.45) is 0 Å². The maximum atomic E-state index is 10.1. The highest BCUT2D eigenvalue weighted by Crippen LogP contribution is 2.49. The molecule has 1 aliphatic carbocycles. The fourth-order valence-corrected chi connectivity index (χ4v) is 3.95. The van der Waals surface area contributed by atoms with Gasteiger partial charge >= 0.3 is 0 Å². The van der Waals surface area contributed by atoms with Crippen molar-refractivity contribution in [3.63, 3.8) is 0 Å². The summed E-state index contributed by atoms with van der Waals surface area (Å²) >= 11 is 0. The standard InChI is InChI=1S/C17H25NO3/c1-18-9-8-17(7-6-13(19)11-16(17)18)12-4-5-14(20-2)15(10-12)21-3/h4-5,10,13,16,19H,6-9,11H2,1-3H3/t13-,16-,17-/m0/s1/i16D. The average Bonchev–Trinajstić information content (AvgIpc) is 2.79. The van der Waals surface area contributed by atoms with E-state index in [0.717, 1.165) is 31.4 Å². The molecule has 4 nitrogen and oxygen atoms in total. The number of aliphatic hydroxyl groups is 1. The molecule has 1 aliphatic heterocycles. The largest absolute Gasteiger partial charge is 0.493 e. The van der Waals surface area contributed by atoms with Crippen LogP contribution in [0.25, 0.3) is 0 Å². The minimum Gasteiger partial charge on any atom is -0.493 e. The first-order valence-electron chi connectivity index (χ1n) is 8.09. The molecule has 4 heteroatoms. The van der Waals surface area contributed by atoms with E-state index in [1.165, 1.54) is 0 Å². The maximum Gasteiger partial charge on any atom is 0.161 e. The molecule has 3 rings (SSSR count). The van der Waals surface area contributed by atoms with Gasteiger partial charge in [-0.15, -0.1) is 0 Å². The van der Waals surface area contributed by atoms with E-state index in [4.69, 9.17) is 10.8 Å². The van der Waals surface area contributed by atoms with E-state index in [1.54, 1.807) is 14.2 Å². The smallest absolute Gasteiger partial charge is 0.161 e. The lowest BCUT2D eigenvalue weighted by Gasteiger charge is -2.43. The zero-order chi connectivity index (χ0) is 16.0. The van der Waals surface area contributed by atoms with Crippen LogP contribution in [0, 0.1) is 0 Å². The van der Waals surface area contributed by atoms with Crippen LogP contribution in [0.4, 0.5) is 0 Å². The Morgan fingerprint density at radius 1 is 1.29 bits per heavy atom. The molecule has 0 aromatic heterocycles. The maximum absolute atomic E-state index is 10.1. The van der Waals surface area contributed by atoms with Crippen molar-refractivity contribution in [2.45, 2.75) is 43.2 Å². The molecule has 1 aromatic rings. The van der Waals surface area contributed by atoms with Crippen molar-refractivity contribution < 1.29 is 16.0 Å². The molecule has 0 bridgehead atoms. The fraction of sp³-hybridized carbons (Fsp3) is 0.647. The van der Waals surface area contributed by atoms with Crippen LogP contribution in [-0.2, 0) is 5.41 Å². The quantitative estimate of drug-likeness (QED) is 0.927. The van der Waals surface area contributed by atoms with E-state index in [1.807, 2.05) is 19.2 Å². The van der Waals surface area contributed by atoms with Gasteiger partial charge in [0.25, 0.3) is 0 Å². The van der Waals surface area contributed by atoms with Crippen molar-refractivity contribution in [1.82, 2.24) is 4.90 Å². The summed E-state index contributed by atoms with van der Waals surface area (Å²) in [6.07, 6.45) is 2.64. The first kappa shape index (κ1) is 13.4. The molecule has 2 fully saturated rings. The molecule has 0 amide bonds. The van der Waals surface area contributed by atoms with Crippen LogP contribution in [0.5, 0.6) is 11.5 Å². The number of likely N-dealkylation sites (tertiary alicyclic amines) is 1. The van der Waals surface area contributed by atoms with E-state index < -0.39 is 6.02 Å². The van der Waals surface area contributed by atoms with Crippen LogP contribution >= 0.6 is 0 Å². The molecule has 3 atom stereocenters. The van der Waals surface area contributed by atoms with E-state index >= 15 is 0 Å². The highest BCUT2D eigenvalue weighted by Gasteiger charge is 2.50. The second kappa shape index (κ2) is 5.50. The third-order valence-corrected chi connectivity index (χ3v) is 5.16. The van der Waals surface area contributed by atoms with E-state index in [9.17, 15) is 5.11 Å². The predicted molar refractivity (Wildman–Crippen MR) is 82.1 cm³/mol. The van der Waals surface area contributed by atoms with E-state index in [2.05, 4.69) is 11.0 Å². The van der Waals surface area contributed by atoms with Crippen LogP contribution in [0.3, 0.4) is 0 Å². The van der Waals surface area contributed by atoms with Crippen LogP contribution in [-0.4, -0.2) is 49.9 Å². The minimum atomic E-state index is -0.760. The van der Waals surface area contributed by atoms with Gasteiger partial charge < -0.3 is 19.5 Å². The number of nitrogens with zero attached hydrogens (tertiary/aromatic N) is 1. The molecular formula is C17H25NO3. The van der Waals surface area contributed by atoms with Gasteiger partial charge in [0.1, 0.15) is 0 Å². The molecule has 1 saturated carbocycles. The summed E-state index contributed by atoms with van der Waals surface area (Å²) in [5.41, 5.74) is 0.872. The fourth-order valence-electron chi connectivity index (χ4n) is 3.95. The van der Waals surface area contributed by atoms with Crippen LogP contribution in [0.15, 0.2) is 18.2 Å². The topological polar surface area (TPSA) is 41.9 Å². The predicted octanol–water partition coefficient (Wildman–Crippen LogP) is 2.19. The van der Waals surface area contributed by atoms with Crippen molar-refractivity contribution >= 4 is 0 Å². The van der Waals surface area contributed by atoms with Gasteiger partial charge in [0.05, 0.1) is 20.3 Å². The number of aliphatic hydroxyl groups excluding tert-OH is 1. The first-order chi connectivity index (χ1) is 10.5. The lowest BCUT2D eigenvalue weighted by atomic mass is 9.65. The lowest BCUT2D eigenvalue weighted by Crippen LogP contribution is -2.47. The van der Waals surface area contributed by atoms with Gasteiger partial charge in [-0.25, -0.2) is 0 Å². The number of hydrogen-bond acceptors (Lipinski definition) is 4. The number of hydrogen-bond donors (Lipinski definition) is 1. The number of benzene rings is 1. The van der Waals surface area contributed by atoms with Crippen LogP contribution in [0.1, 0.15) is 32.6 Å². The van der Waals surface area contributed by atoms with Crippen molar-refractivity contribution in [3.8, 4) is 11.5 Å². The Bertz CT molecular complexity index is 567. The summed E-state index contributed by atoms with van der Waals surface area (Å²) in [4.78, 5) is 2.09. The Hall–Kier alpha value is -1.26. The molecule has 2 aliphatic rings.